The van der Waals surface area contributed by atoms with Gasteiger partial charge in [0, 0.05) is 6.54 Å². The largest absolute Gasteiger partial charge is 0.390 e. The molecule has 1 fully saturated rings. The highest BCUT2D eigenvalue weighted by Crippen LogP contribution is 2.22. The first-order valence-corrected chi connectivity index (χ1v) is 3.72. The van der Waals surface area contributed by atoms with Crippen LogP contribution >= 0.6 is 0 Å². The van der Waals surface area contributed by atoms with Crippen molar-refractivity contribution in [2.24, 2.45) is 11.1 Å². The zero-order valence-corrected chi connectivity index (χ0v) is 6.28. The van der Waals surface area contributed by atoms with Crippen molar-refractivity contribution in [1.29, 1.82) is 0 Å². The van der Waals surface area contributed by atoms with Crippen LogP contribution in [0.15, 0.2) is 5.16 Å². The van der Waals surface area contributed by atoms with Gasteiger partial charge in [0.15, 0.2) is 11.9 Å². The minimum absolute atomic E-state index is 0.0486. The Kier molecular flexibility index (Phi) is 1.42. The molecule has 0 aromatic rings. The summed E-state index contributed by atoms with van der Waals surface area (Å²) in [6, 6.07) is -0.150. The van der Waals surface area contributed by atoms with E-state index in [1.54, 1.807) is 13.1 Å². The maximum absolute atomic E-state index is 11.0. The number of nitrogens with zero attached hydrogens (tertiary/aromatic N) is 1. The van der Waals surface area contributed by atoms with Crippen molar-refractivity contribution in [3.05, 3.63) is 0 Å². The third-order valence-corrected chi connectivity index (χ3v) is 2.20. The molecule has 0 bridgehead atoms. The van der Waals surface area contributed by atoms with E-state index in [0.29, 0.717) is 5.92 Å². The minimum Gasteiger partial charge on any atom is -0.390 e. The SMILES string of the molecule is CC(=O)C1NCC2C=NOC21. The molecule has 1 saturated heterocycles. The van der Waals surface area contributed by atoms with E-state index < -0.39 is 0 Å². The number of fused-ring (bicyclic) bond motifs is 1. The van der Waals surface area contributed by atoms with Crippen LogP contribution < -0.4 is 5.32 Å². The molecule has 0 aromatic heterocycles. The fraction of sp³-hybridized carbons (Fsp3) is 0.714. The van der Waals surface area contributed by atoms with Gasteiger partial charge in [0.05, 0.1) is 12.1 Å². The molecule has 60 valence electrons. The molecule has 0 spiro atoms. The van der Waals surface area contributed by atoms with Crippen LogP contribution in [0.25, 0.3) is 0 Å². The van der Waals surface area contributed by atoms with Crippen molar-refractivity contribution in [2.45, 2.75) is 19.1 Å². The first-order valence-electron chi connectivity index (χ1n) is 3.72. The second-order valence-corrected chi connectivity index (χ2v) is 2.98. The van der Waals surface area contributed by atoms with Crippen molar-refractivity contribution >= 4 is 12.0 Å². The summed E-state index contributed by atoms with van der Waals surface area (Å²) in [6.07, 6.45) is 1.72. The third-order valence-electron chi connectivity index (χ3n) is 2.20. The number of nitrogens with one attached hydrogen (secondary N) is 1. The van der Waals surface area contributed by atoms with Crippen LogP contribution in [0.2, 0.25) is 0 Å². The lowest BCUT2D eigenvalue weighted by Crippen LogP contribution is -2.37. The lowest BCUT2D eigenvalue weighted by atomic mass is 10.0. The van der Waals surface area contributed by atoms with Crippen molar-refractivity contribution < 1.29 is 9.63 Å². The van der Waals surface area contributed by atoms with Crippen molar-refractivity contribution in [2.75, 3.05) is 6.54 Å². The zero-order chi connectivity index (χ0) is 7.84. The number of hydrogen-bond donors (Lipinski definition) is 1. The number of oxime groups is 1. The highest BCUT2D eigenvalue weighted by Gasteiger charge is 2.42. The number of Topliss-reactive ketones (excluding diaryl/α,β-unsaturated/α-hetero) is 1. The van der Waals surface area contributed by atoms with Crippen LogP contribution in [0.3, 0.4) is 0 Å². The van der Waals surface area contributed by atoms with Gasteiger partial charge < -0.3 is 10.2 Å². The highest BCUT2D eigenvalue weighted by molar-refractivity contribution is 5.84. The maximum atomic E-state index is 11.0. The summed E-state index contributed by atoms with van der Waals surface area (Å²) in [4.78, 5) is 16.0. The smallest absolute Gasteiger partial charge is 0.158 e. The molecule has 0 aliphatic carbocycles. The Bertz CT molecular complexity index is 214. The molecule has 2 aliphatic heterocycles. The molecule has 3 unspecified atom stereocenters. The van der Waals surface area contributed by atoms with Gasteiger partial charge in [0.2, 0.25) is 0 Å². The van der Waals surface area contributed by atoms with E-state index in [0.717, 1.165) is 6.54 Å². The Morgan fingerprint density at radius 3 is 3.36 bits per heavy atom. The second-order valence-electron chi connectivity index (χ2n) is 2.98. The van der Waals surface area contributed by atoms with Gasteiger partial charge in [-0.15, -0.1) is 0 Å². The summed E-state index contributed by atoms with van der Waals surface area (Å²) in [5.74, 6) is 0.423. The second kappa shape index (κ2) is 2.30. The van der Waals surface area contributed by atoms with E-state index in [1.807, 2.05) is 0 Å². The maximum Gasteiger partial charge on any atom is 0.158 e. The van der Waals surface area contributed by atoms with Crippen molar-refractivity contribution in [1.82, 2.24) is 5.32 Å². The fourth-order valence-corrected chi connectivity index (χ4v) is 1.58. The highest BCUT2D eigenvalue weighted by atomic mass is 16.6. The lowest BCUT2D eigenvalue weighted by molar-refractivity contribution is -0.121. The molecule has 4 nitrogen and oxygen atoms in total. The van der Waals surface area contributed by atoms with Crippen LogP contribution in [-0.4, -0.2) is 30.7 Å². The summed E-state index contributed by atoms with van der Waals surface area (Å²) in [5, 5.41) is 6.78. The first kappa shape index (κ1) is 6.79. The molecule has 2 rings (SSSR count). The van der Waals surface area contributed by atoms with Gasteiger partial charge in [-0.1, -0.05) is 5.16 Å². The normalized spacial score (nSPS) is 40.3. The van der Waals surface area contributed by atoms with E-state index in [-0.39, 0.29) is 17.9 Å². The Morgan fingerprint density at radius 2 is 2.64 bits per heavy atom. The third kappa shape index (κ3) is 0.939. The van der Waals surface area contributed by atoms with Crippen LogP contribution in [0, 0.1) is 5.92 Å². The number of carbonyl (C=O) groups excluding carboxylic acids is 1. The minimum atomic E-state index is -0.150. The predicted octanol–water partition coefficient (Wildman–Crippen LogP) is -0.452. The lowest BCUT2D eigenvalue weighted by Gasteiger charge is -2.12. The van der Waals surface area contributed by atoms with E-state index in [2.05, 4.69) is 10.5 Å². The van der Waals surface area contributed by atoms with Gasteiger partial charge in [-0.05, 0) is 6.92 Å². The van der Waals surface area contributed by atoms with Gasteiger partial charge >= 0.3 is 0 Å². The monoisotopic (exact) mass is 154 g/mol. The molecule has 3 atom stereocenters. The molecule has 2 heterocycles. The summed E-state index contributed by atoms with van der Waals surface area (Å²) in [7, 11) is 0. The molecule has 0 aromatic carbocycles. The predicted molar refractivity (Wildman–Crippen MR) is 39.3 cm³/mol. The summed E-state index contributed by atoms with van der Waals surface area (Å²) < 4.78 is 0. The van der Waals surface area contributed by atoms with Gasteiger partial charge in [-0.2, -0.15) is 0 Å². The molecule has 4 heteroatoms. The topological polar surface area (TPSA) is 50.7 Å². The fourth-order valence-electron chi connectivity index (χ4n) is 1.58. The van der Waals surface area contributed by atoms with Crippen molar-refractivity contribution in [3.63, 3.8) is 0 Å². The number of hydrogen-bond acceptors (Lipinski definition) is 4. The van der Waals surface area contributed by atoms with E-state index in [9.17, 15) is 4.79 Å². The Hall–Kier alpha value is -0.900. The summed E-state index contributed by atoms with van der Waals surface area (Å²) in [6.45, 7) is 2.38. The first-order chi connectivity index (χ1) is 5.29. The van der Waals surface area contributed by atoms with E-state index >= 15 is 0 Å². The molecular weight excluding hydrogens is 144 g/mol. The molecule has 2 aliphatic rings. The zero-order valence-electron chi connectivity index (χ0n) is 6.28. The standard InChI is InChI=1S/C7H10N2O2/c1-4(10)6-7-5(2-8-6)3-9-11-7/h3,5-8H,2H2,1H3. The van der Waals surface area contributed by atoms with Gasteiger partial charge in [-0.3, -0.25) is 4.79 Å². The van der Waals surface area contributed by atoms with Crippen LogP contribution in [-0.2, 0) is 9.63 Å². The van der Waals surface area contributed by atoms with Crippen LogP contribution in [0.5, 0.6) is 0 Å². The van der Waals surface area contributed by atoms with Crippen LogP contribution in [0.4, 0.5) is 0 Å². The number of ketones is 1. The van der Waals surface area contributed by atoms with Gasteiger partial charge in [0.1, 0.15) is 6.04 Å². The molecular formula is C7H10N2O2. The molecule has 0 saturated carbocycles. The van der Waals surface area contributed by atoms with E-state index in [4.69, 9.17) is 4.84 Å². The Labute approximate surface area is 64.6 Å². The van der Waals surface area contributed by atoms with E-state index in [1.165, 1.54) is 0 Å². The molecule has 1 N–H and O–H groups in total. The molecule has 11 heavy (non-hydrogen) atoms. The summed E-state index contributed by atoms with van der Waals surface area (Å²) in [5.41, 5.74) is 0. The van der Waals surface area contributed by atoms with Crippen LogP contribution in [0.1, 0.15) is 6.92 Å². The quantitative estimate of drug-likeness (QED) is 0.556. The average Bonchev–Trinajstić information content (AvgIpc) is 2.41. The van der Waals surface area contributed by atoms with Crippen molar-refractivity contribution in [3.8, 4) is 0 Å². The number of carbonyl (C=O) groups is 1. The molecule has 0 radical (unpaired) electrons. The summed E-state index contributed by atoms with van der Waals surface area (Å²) >= 11 is 0. The molecule has 0 amide bonds. The average molecular weight is 154 g/mol. The Balaban J connectivity index is 2.12. The van der Waals surface area contributed by atoms with Gasteiger partial charge in [-0.25, -0.2) is 0 Å². The Morgan fingerprint density at radius 1 is 1.82 bits per heavy atom. The number of rotatable bonds is 1. The van der Waals surface area contributed by atoms with Gasteiger partial charge in [0.25, 0.3) is 0 Å².